The minimum atomic E-state index is 0.0934. The molecular weight excluding hydrogens is 260 g/mol. The Hall–Kier alpha value is -1.87. The van der Waals surface area contributed by atoms with Gasteiger partial charge in [0.25, 0.3) is 5.56 Å². The summed E-state index contributed by atoms with van der Waals surface area (Å²) in [5.74, 6) is 0. The first-order valence-electron chi connectivity index (χ1n) is 7.45. The molecule has 0 atom stereocenters. The summed E-state index contributed by atoms with van der Waals surface area (Å²) in [4.78, 5) is 14.3. The van der Waals surface area contributed by atoms with Crippen molar-refractivity contribution in [3.63, 3.8) is 0 Å². The Kier molecular flexibility index (Phi) is 3.46. The molecule has 2 heterocycles. The lowest BCUT2D eigenvalue weighted by atomic mass is 9.94. The largest absolute Gasteiger partial charge is 0.315 e. The second-order valence-electron chi connectivity index (χ2n) is 6.16. The highest BCUT2D eigenvalue weighted by atomic mass is 16.1. The summed E-state index contributed by atoms with van der Waals surface area (Å²) >= 11 is 0. The van der Waals surface area contributed by atoms with Crippen LogP contribution in [0.15, 0.2) is 29.1 Å². The van der Waals surface area contributed by atoms with Crippen LogP contribution in [0.5, 0.6) is 0 Å². The van der Waals surface area contributed by atoms with Crippen molar-refractivity contribution in [1.82, 2.24) is 9.47 Å². The fourth-order valence-electron chi connectivity index (χ4n) is 3.13. The number of pyridine rings is 1. The van der Waals surface area contributed by atoms with Crippen molar-refractivity contribution < 1.29 is 0 Å². The Balaban J connectivity index is 2.12. The zero-order valence-electron chi connectivity index (χ0n) is 13.2. The average Bonchev–Trinajstić information content (AvgIpc) is 2.48. The third-order valence-corrected chi connectivity index (χ3v) is 4.62. The highest BCUT2D eigenvalue weighted by molar-refractivity contribution is 5.68. The van der Waals surface area contributed by atoms with Gasteiger partial charge < -0.3 is 9.47 Å². The van der Waals surface area contributed by atoms with E-state index >= 15 is 0 Å². The molecule has 0 bridgehead atoms. The third kappa shape index (κ3) is 2.42. The molecule has 1 aliphatic heterocycles. The summed E-state index contributed by atoms with van der Waals surface area (Å²) in [7, 11) is 4.01. The number of fused-ring (bicyclic) bond motifs is 1. The number of aryl methyl sites for hydroxylation is 1. The molecule has 0 unspecified atom stereocenters. The second-order valence-corrected chi connectivity index (χ2v) is 6.16. The fraction of sp³-hybridized carbons (Fsp3) is 0.389. The normalized spacial score (nSPS) is 15.0. The van der Waals surface area contributed by atoms with Gasteiger partial charge in [-0.1, -0.05) is 18.2 Å². The number of rotatable bonds is 1. The number of hydrogen-bond acceptors (Lipinski definition) is 2. The molecule has 3 heteroatoms. The van der Waals surface area contributed by atoms with Gasteiger partial charge in [0.05, 0.1) is 0 Å². The van der Waals surface area contributed by atoms with Crippen LogP contribution in [0.3, 0.4) is 0 Å². The predicted octanol–water partition coefficient (Wildman–Crippen LogP) is 2.66. The highest BCUT2D eigenvalue weighted by Crippen LogP contribution is 2.27. The molecule has 0 N–H and O–H groups in total. The Morgan fingerprint density at radius 3 is 2.57 bits per heavy atom. The first-order valence-corrected chi connectivity index (χ1v) is 7.45. The molecular formula is C18H22N2O. The van der Waals surface area contributed by atoms with Gasteiger partial charge in [-0.25, -0.2) is 0 Å². The molecule has 0 aliphatic carbocycles. The van der Waals surface area contributed by atoms with E-state index in [1.54, 1.807) is 4.57 Å². The molecule has 0 radical (unpaired) electrons. The lowest BCUT2D eigenvalue weighted by molar-refractivity contribution is 0.313. The van der Waals surface area contributed by atoms with Gasteiger partial charge in [-0.3, -0.25) is 4.79 Å². The van der Waals surface area contributed by atoms with Crippen LogP contribution in [-0.4, -0.2) is 23.1 Å². The Morgan fingerprint density at radius 1 is 1.05 bits per heavy atom. The second kappa shape index (κ2) is 5.15. The van der Waals surface area contributed by atoms with Gasteiger partial charge in [-0.15, -0.1) is 0 Å². The van der Waals surface area contributed by atoms with Gasteiger partial charge in [0, 0.05) is 37.0 Å². The van der Waals surface area contributed by atoms with Crippen LogP contribution in [0.1, 0.15) is 22.4 Å². The first kappa shape index (κ1) is 14.1. The van der Waals surface area contributed by atoms with E-state index in [2.05, 4.69) is 30.1 Å². The van der Waals surface area contributed by atoms with Gasteiger partial charge >= 0.3 is 0 Å². The van der Waals surface area contributed by atoms with Crippen LogP contribution in [-0.2, 0) is 20.0 Å². The number of nitrogens with zero attached hydrogens (tertiary/aromatic N) is 2. The zero-order valence-corrected chi connectivity index (χ0v) is 13.2. The quantitative estimate of drug-likeness (QED) is 0.803. The van der Waals surface area contributed by atoms with Crippen molar-refractivity contribution in [3.05, 3.63) is 57.0 Å². The molecule has 0 spiro atoms. The first-order chi connectivity index (χ1) is 9.97. The number of likely N-dealkylation sites (N-methyl/N-ethyl adjacent to an activating group) is 1. The lowest BCUT2D eigenvalue weighted by Gasteiger charge is -2.25. The van der Waals surface area contributed by atoms with Crippen LogP contribution in [0.2, 0.25) is 0 Å². The summed E-state index contributed by atoms with van der Waals surface area (Å²) in [6, 6.07) is 8.74. The van der Waals surface area contributed by atoms with Crippen LogP contribution in [0.4, 0.5) is 0 Å². The van der Waals surface area contributed by atoms with E-state index in [4.69, 9.17) is 0 Å². The highest BCUT2D eigenvalue weighted by Gasteiger charge is 2.15. The van der Waals surface area contributed by atoms with E-state index in [0.29, 0.717) is 0 Å². The number of benzene rings is 1. The van der Waals surface area contributed by atoms with Crippen molar-refractivity contribution in [1.29, 1.82) is 0 Å². The van der Waals surface area contributed by atoms with Crippen LogP contribution < -0.4 is 5.56 Å². The van der Waals surface area contributed by atoms with Crippen molar-refractivity contribution in [2.75, 3.05) is 13.6 Å². The Bertz CT molecular complexity index is 759. The molecule has 3 rings (SSSR count). The van der Waals surface area contributed by atoms with Crippen molar-refractivity contribution >= 4 is 0 Å². The smallest absolute Gasteiger partial charge is 0.253 e. The molecule has 3 nitrogen and oxygen atoms in total. The fourth-order valence-corrected chi connectivity index (χ4v) is 3.13. The molecule has 21 heavy (non-hydrogen) atoms. The van der Waals surface area contributed by atoms with Crippen LogP contribution >= 0.6 is 0 Å². The molecule has 0 amide bonds. The van der Waals surface area contributed by atoms with E-state index in [-0.39, 0.29) is 5.56 Å². The molecule has 0 saturated heterocycles. The maximum Gasteiger partial charge on any atom is 0.253 e. The van der Waals surface area contributed by atoms with Crippen molar-refractivity contribution in [2.24, 2.45) is 7.05 Å². The summed E-state index contributed by atoms with van der Waals surface area (Å²) in [5, 5.41) is 0. The minimum Gasteiger partial charge on any atom is -0.315 e. The lowest BCUT2D eigenvalue weighted by Crippen LogP contribution is -2.26. The minimum absolute atomic E-state index is 0.0934. The molecule has 0 fully saturated rings. The van der Waals surface area contributed by atoms with E-state index in [1.807, 2.05) is 27.0 Å². The Labute approximate surface area is 125 Å². The van der Waals surface area contributed by atoms with Crippen LogP contribution in [0, 0.1) is 13.8 Å². The standard InChI is InChI=1S/C18H22N2O/c1-12-9-17(13(2)20(4)18(12)21)15-5-6-16-11-19(3)8-7-14(16)10-15/h5-6,9-10H,7-8,11H2,1-4H3. The molecule has 1 aromatic carbocycles. The Morgan fingerprint density at radius 2 is 1.81 bits per heavy atom. The maximum absolute atomic E-state index is 12.0. The molecule has 1 aliphatic rings. The van der Waals surface area contributed by atoms with Gasteiger partial charge in [0.2, 0.25) is 0 Å². The van der Waals surface area contributed by atoms with Crippen molar-refractivity contribution in [2.45, 2.75) is 26.8 Å². The summed E-state index contributed by atoms with van der Waals surface area (Å²) < 4.78 is 1.75. The van der Waals surface area contributed by atoms with Gasteiger partial charge in [-0.05, 0) is 50.1 Å². The number of hydrogen-bond donors (Lipinski definition) is 0. The molecule has 0 saturated carbocycles. The van der Waals surface area contributed by atoms with Gasteiger partial charge in [0.15, 0.2) is 0 Å². The maximum atomic E-state index is 12.0. The number of aromatic nitrogens is 1. The molecule has 1 aromatic heterocycles. The van der Waals surface area contributed by atoms with E-state index in [1.165, 1.54) is 16.7 Å². The van der Waals surface area contributed by atoms with Crippen LogP contribution in [0.25, 0.3) is 11.1 Å². The average molecular weight is 282 g/mol. The van der Waals surface area contributed by atoms with Gasteiger partial charge in [-0.2, -0.15) is 0 Å². The monoisotopic (exact) mass is 282 g/mol. The molecule has 110 valence electrons. The topological polar surface area (TPSA) is 25.2 Å². The summed E-state index contributed by atoms with van der Waals surface area (Å²) in [5.41, 5.74) is 7.17. The van der Waals surface area contributed by atoms with Crippen molar-refractivity contribution in [3.8, 4) is 11.1 Å². The molecule has 2 aromatic rings. The van der Waals surface area contributed by atoms with E-state index in [0.717, 1.165) is 36.3 Å². The zero-order chi connectivity index (χ0) is 15.1. The third-order valence-electron chi connectivity index (χ3n) is 4.62. The summed E-state index contributed by atoms with van der Waals surface area (Å²) in [6.45, 7) is 6.05. The SMILES string of the molecule is Cc1cc(-c2ccc3c(c2)CCN(C)C3)c(C)n(C)c1=O. The predicted molar refractivity (Wildman–Crippen MR) is 86.6 cm³/mol. The van der Waals surface area contributed by atoms with Gasteiger partial charge in [0.1, 0.15) is 0 Å². The van der Waals surface area contributed by atoms with E-state index in [9.17, 15) is 4.79 Å². The van der Waals surface area contributed by atoms with E-state index < -0.39 is 0 Å². The summed E-state index contributed by atoms with van der Waals surface area (Å²) in [6.07, 6.45) is 1.10.